The van der Waals surface area contributed by atoms with Crippen molar-refractivity contribution in [2.24, 2.45) is 0 Å². The molecular formula is C24H17NO5. The lowest BCUT2D eigenvalue weighted by Gasteiger charge is -2.25. The molecule has 0 amide bonds. The molecule has 0 radical (unpaired) electrons. The summed E-state index contributed by atoms with van der Waals surface area (Å²) in [4.78, 5) is 38.0. The summed E-state index contributed by atoms with van der Waals surface area (Å²) in [6.45, 7) is 2.46. The van der Waals surface area contributed by atoms with Crippen LogP contribution in [0.1, 0.15) is 34.6 Å². The van der Waals surface area contributed by atoms with Gasteiger partial charge in [0.1, 0.15) is 11.3 Å². The molecule has 0 unspecified atom stereocenters. The first kappa shape index (κ1) is 17.2. The summed E-state index contributed by atoms with van der Waals surface area (Å²) in [6, 6.07) is 12.8. The quantitative estimate of drug-likeness (QED) is 0.278. The standard InChI is InChI=1S/C24H17NO5/c1-12-9-19(26)30-23-15(12)5-6-18-21(23)16(11-20(27)29-18)17-10-14-4-2-3-13-7-8-25(22(13)14)24(17)28/h2-6,9-10,16H,7-8,11H2,1H3/t16-/m0/s1. The number of aromatic nitrogens is 1. The van der Waals surface area contributed by atoms with Crippen LogP contribution in [0.5, 0.6) is 5.75 Å². The molecule has 0 bridgehead atoms. The minimum Gasteiger partial charge on any atom is -0.426 e. The zero-order chi connectivity index (χ0) is 20.6. The van der Waals surface area contributed by atoms with Crippen molar-refractivity contribution < 1.29 is 13.9 Å². The Kier molecular flexibility index (Phi) is 3.40. The molecule has 2 aliphatic rings. The molecule has 2 aliphatic heterocycles. The summed E-state index contributed by atoms with van der Waals surface area (Å²) in [5, 5.41) is 1.74. The van der Waals surface area contributed by atoms with Gasteiger partial charge in [-0.2, -0.15) is 0 Å². The number of carbonyl (C=O) groups is 1. The lowest BCUT2D eigenvalue weighted by Crippen LogP contribution is -2.29. The molecular weight excluding hydrogens is 382 g/mol. The summed E-state index contributed by atoms with van der Waals surface area (Å²) in [5.74, 6) is -0.608. The molecule has 30 heavy (non-hydrogen) atoms. The Morgan fingerprint density at radius 1 is 1.07 bits per heavy atom. The molecule has 1 atom stereocenters. The average Bonchev–Trinajstić information content (AvgIpc) is 3.15. The molecule has 6 rings (SSSR count). The van der Waals surface area contributed by atoms with Gasteiger partial charge in [-0.25, -0.2) is 4.79 Å². The number of fused-ring (bicyclic) bond motifs is 3. The predicted molar refractivity (Wildman–Crippen MR) is 111 cm³/mol. The van der Waals surface area contributed by atoms with Crippen LogP contribution in [0.25, 0.3) is 21.9 Å². The zero-order valence-electron chi connectivity index (χ0n) is 16.2. The Bertz CT molecular complexity index is 1530. The molecule has 0 saturated carbocycles. The van der Waals surface area contributed by atoms with E-state index in [-0.39, 0.29) is 12.0 Å². The molecule has 0 fully saturated rings. The first-order chi connectivity index (χ1) is 14.5. The van der Waals surface area contributed by atoms with Crippen LogP contribution in [0.2, 0.25) is 0 Å². The van der Waals surface area contributed by atoms with Gasteiger partial charge in [0.2, 0.25) is 0 Å². The number of nitrogens with zero attached hydrogens (tertiary/aromatic N) is 1. The summed E-state index contributed by atoms with van der Waals surface area (Å²) in [6.07, 6.45) is 0.834. The van der Waals surface area contributed by atoms with E-state index in [0.29, 0.717) is 29.0 Å². The van der Waals surface area contributed by atoms with E-state index in [9.17, 15) is 14.4 Å². The van der Waals surface area contributed by atoms with Crippen LogP contribution in [-0.2, 0) is 17.8 Å². The Labute approximate surface area is 170 Å². The van der Waals surface area contributed by atoms with E-state index in [0.717, 1.165) is 33.8 Å². The molecule has 0 saturated heterocycles. The third kappa shape index (κ3) is 2.27. The van der Waals surface area contributed by atoms with Crippen molar-refractivity contribution in [3.63, 3.8) is 0 Å². The lowest BCUT2D eigenvalue weighted by atomic mass is 9.85. The normalized spacial score (nSPS) is 17.4. The maximum absolute atomic E-state index is 13.5. The van der Waals surface area contributed by atoms with E-state index < -0.39 is 17.5 Å². The van der Waals surface area contributed by atoms with Gasteiger partial charge < -0.3 is 13.7 Å². The van der Waals surface area contributed by atoms with Crippen LogP contribution in [-0.4, -0.2) is 10.5 Å². The van der Waals surface area contributed by atoms with Crippen LogP contribution in [0.4, 0.5) is 0 Å². The van der Waals surface area contributed by atoms with Crippen molar-refractivity contribution in [3.8, 4) is 5.75 Å². The van der Waals surface area contributed by atoms with Gasteiger partial charge in [0.25, 0.3) is 5.56 Å². The third-order valence-electron chi connectivity index (χ3n) is 6.26. The molecule has 4 heterocycles. The van der Waals surface area contributed by atoms with E-state index >= 15 is 0 Å². The van der Waals surface area contributed by atoms with E-state index in [1.807, 2.05) is 31.2 Å². The number of esters is 1. The molecule has 0 N–H and O–H groups in total. The van der Waals surface area contributed by atoms with Crippen LogP contribution < -0.4 is 15.9 Å². The fourth-order valence-corrected chi connectivity index (χ4v) is 4.94. The van der Waals surface area contributed by atoms with Gasteiger partial charge in [-0.1, -0.05) is 18.2 Å². The highest BCUT2D eigenvalue weighted by Gasteiger charge is 2.34. The van der Waals surface area contributed by atoms with Gasteiger partial charge in [-0.15, -0.1) is 0 Å². The number of rotatable bonds is 1. The minimum atomic E-state index is -0.542. The van der Waals surface area contributed by atoms with Crippen LogP contribution in [0, 0.1) is 6.92 Å². The summed E-state index contributed by atoms with van der Waals surface area (Å²) in [7, 11) is 0. The minimum absolute atomic E-state index is 0.0181. The predicted octanol–water partition coefficient (Wildman–Crippen LogP) is 3.41. The number of ether oxygens (including phenoxy) is 1. The van der Waals surface area contributed by atoms with Crippen molar-refractivity contribution in [2.45, 2.75) is 32.2 Å². The van der Waals surface area contributed by atoms with Gasteiger partial charge in [0.15, 0.2) is 0 Å². The summed E-state index contributed by atoms with van der Waals surface area (Å²) in [5.41, 5.74) is 3.81. The molecule has 4 aromatic rings. The van der Waals surface area contributed by atoms with Crippen LogP contribution in [0.15, 0.2) is 56.5 Å². The third-order valence-corrected chi connectivity index (χ3v) is 6.26. The van der Waals surface area contributed by atoms with Crippen LogP contribution >= 0.6 is 0 Å². The van der Waals surface area contributed by atoms with Gasteiger partial charge in [-0.3, -0.25) is 9.59 Å². The summed E-state index contributed by atoms with van der Waals surface area (Å²) >= 11 is 0. The van der Waals surface area contributed by atoms with Crippen molar-refractivity contribution in [3.05, 3.63) is 85.5 Å². The van der Waals surface area contributed by atoms with Gasteiger partial charge >= 0.3 is 11.6 Å². The molecule has 0 aliphatic carbocycles. The topological polar surface area (TPSA) is 78.5 Å². The number of pyridine rings is 1. The second-order valence-electron chi connectivity index (χ2n) is 7.99. The van der Waals surface area contributed by atoms with E-state index in [1.165, 1.54) is 6.07 Å². The first-order valence-electron chi connectivity index (χ1n) is 9.94. The second-order valence-corrected chi connectivity index (χ2v) is 7.99. The van der Waals surface area contributed by atoms with Crippen molar-refractivity contribution in [1.82, 2.24) is 4.57 Å². The molecule has 6 heteroatoms. The number of benzene rings is 2. The first-order valence-corrected chi connectivity index (χ1v) is 9.94. The highest BCUT2D eigenvalue weighted by Crippen LogP contribution is 2.43. The zero-order valence-corrected chi connectivity index (χ0v) is 16.2. The number of aryl methyl sites for hydroxylation is 3. The second kappa shape index (κ2) is 5.92. The largest absolute Gasteiger partial charge is 0.426 e. The Hall–Kier alpha value is -3.67. The van der Waals surface area contributed by atoms with Gasteiger partial charge in [-0.05, 0) is 48.1 Å². The Morgan fingerprint density at radius 2 is 1.93 bits per heavy atom. The fraction of sp³-hybridized carbons (Fsp3) is 0.208. The smallest absolute Gasteiger partial charge is 0.336 e. The van der Waals surface area contributed by atoms with E-state index in [1.54, 1.807) is 16.7 Å². The van der Waals surface area contributed by atoms with Gasteiger partial charge in [0, 0.05) is 35.0 Å². The van der Waals surface area contributed by atoms with Gasteiger partial charge in [0.05, 0.1) is 11.9 Å². The average molecular weight is 399 g/mol. The lowest BCUT2D eigenvalue weighted by molar-refractivity contribution is -0.135. The SMILES string of the molecule is Cc1cc(=O)oc2c3c(ccc12)OC(=O)C[C@H]3c1cc2cccc3c2n(c1=O)CC3. The fourth-order valence-electron chi connectivity index (χ4n) is 4.94. The maximum Gasteiger partial charge on any atom is 0.336 e. The maximum atomic E-state index is 13.5. The van der Waals surface area contributed by atoms with E-state index in [4.69, 9.17) is 9.15 Å². The highest BCUT2D eigenvalue weighted by atomic mass is 16.5. The summed E-state index contributed by atoms with van der Waals surface area (Å²) < 4.78 is 12.8. The number of hydrogen-bond acceptors (Lipinski definition) is 5. The Balaban J connectivity index is 1.70. The molecule has 2 aromatic carbocycles. The Morgan fingerprint density at radius 3 is 2.80 bits per heavy atom. The molecule has 2 aromatic heterocycles. The molecule has 0 spiro atoms. The van der Waals surface area contributed by atoms with Crippen molar-refractivity contribution in [2.75, 3.05) is 0 Å². The number of para-hydroxylation sites is 1. The van der Waals surface area contributed by atoms with E-state index in [2.05, 4.69) is 0 Å². The number of hydrogen-bond donors (Lipinski definition) is 0. The molecule has 148 valence electrons. The van der Waals surface area contributed by atoms with Crippen LogP contribution in [0.3, 0.4) is 0 Å². The molecule has 6 nitrogen and oxygen atoms in total. The highest BCUT2D eigenvalue weighted by molar-refractivity contribution is 5.91. The monoisotopic (exact) mass is 399 g/mol. The van der Waals surface area contributed by atoms with Crippen molar-refractivity contribution >= 4 is 27.8 Å². The van der Waals surface area contributed by atoms with Crippen molar-refractivity contribution in [1.29, 1.82) is 0 Å². The number of carbonyl (C=O) groups excluding carboxylic acids is 1.